The average molecular weight is 452 g/mol. The molecule has 1 N–H and O–H groups in total. The van der Waals surface area contributed by atoms with Crippen LogP contribution in [0.25, 0.3) is 5.57 Å². The monoisotopic (exact) mass is 451 g/mol. The van der Waals surface area contributed by atoms with Gasteiger partial charge < -0.3 is 10.2 Å². The lowest BCUT2D eigenvalue weighted by atomic mass is 9.94. The largest absolute Gasteiger partial charge is 0.346 e. The molecule has 1 amide bonds. The number of nitriles is 1. The third-order valence-electron chi connectivity index (χ3n) is 6.44. The van der Waals surface area contributed by atoms with E-state index in [1.165, 1.54) is 6.42 Å². The summed E-state index contributed by atoms with van der Waals surface area (Å²) < 4.78 is 0. The molecule has 0 unspecified atom stereocenters. The van der Waals surface area contributed by atoms with E-state index in [4.69, 9.17) is 10.3 Å². The number of carbonyl (C=O) groups excluding carboxylic acids is 1. The van der Waals surface area contributed by atoms with Crippen molar-refractivity contribution in [3.8, 4) is 6.07 Å². The van der Waals surface area contributed by atoms with Crippen LogP contribution in [-0.2, 0) is 0 Å². The quantitative estimate of drug-likeness (QED) is 0.664. The number of nitrogens with one attached hydrogen (secondary N) is 1. The second kappa shape index (κ2) is 10.8. The normalized spacial score (nSPS) is 17.8. The van der Waals surface area contributed by atoms with Crippen molar-refractivity contribution in [2.75, 3.05) is 20.1 Å². The summed E-state index contributed by atoms with van der Waals surface area (Å²) in [5, 5.41) is 12.3. The molecule has 0 spiro atoms. The van der Waals surface area contributed by atoms with Gasteiger partial charge in [-0.25, -0.2) is 4.99 Å². The number of hydrogen-bond acceptors (Lipinski definition) is 5. The van der Waals surface area contributed by atoms with Gasteiger partial charge in [0.15, 0.2) is 0 Å². The molecular weight excluding hydrogens is 422 g/mol. The van der Waals surface area contributed by atoms with E-state index in [2.05, 4.69) is 23.3 Å². The number of carbonyl (C=O) groups is 1. The Balaban J connectivity index is 1.56. The molecule has 0 atom stereocenters. The van der Waals surface area contributed by atoms with Crippen molar-refractivity contribution < 1.29 is 4.79 Å². The van der Waals surface area contributed by atoms with Crippen molar-refractivity contribution in [3.63, 3.8) is 0 Å². The molecule has 6 nitrogen and oxygen atoms in total. The van der Waals surface area contributed by atoms with Gasteiger partial charge in [0, 0.05) is 49.3 Å². The lowest BCUT2D eigenvalue weighted by Crippen LogP contribution is -2.38. The Labute approximate surface area is 201 Å². The molecule has 2 aliphatic heterocycles. The Morgan fingerprint density at radius 2 is 1.82 bits per heavy atom. The molecule has 0 aliphatic carbocycles. The molecule has 6 heteroatoms. The van der Waals surface area contributed by atoms with E-state index in [0.717, 1.165) is 54.3 Å². The van der Waals surface area contributed by atoms with Gasteiger partial charge in [-0.05, 0) is 54.7 Å². The number of nitrogens with zero attached hydrogens (tertiary/aromatic N) is 4. The highest BCUT2D eigenvalue weighted by Gasteiger charge is 2.22. The molecule has 0 radical (unpaired) electrons. The second-order valence-electron chi connectivity index (χ2n) is 8.53. The Kier molecular flexibility index (Phi) is 7.34. The summed E-state index contributed by atoms with van der Waals surface area (Å²) in [7, 11) is 1.72. The molecule has 4 rings (SSSR count). The third kappa shape index (κ3) is 5.15. The number of benzene rings is 2. The van der Waals surface area contributed by atoms with Gasteiger partial charge in [-0.2, -0.15) is 5.26 Å². The van der Waals surface area contributed by atoms with Crippen molar-refractivity contribution in [2.24, 2.45) is 15.9 Å². The van der Waals surface area contributed by atoms with Crippen LogP contribution in [0.4, 0.5) is 0 Å². The van der Waals surface area contributed by atoms with Gasteiger partial charge in [0.2, 0.25) is 0 Å². The highest BCUT2D eigenvalue weighted by molar-refractivity contribution is 6.14. The molecule has 2 aromatic carbocycles. The van der Waals surface area contributed by atoms with E-state index in [9.17, 15) is 4.79 Å². The summed E-state index contributed by atoms with van der Waals surface area (Å²) in [5.74, 6) is 1.52. The molecule has 2 aromatic rings. The minimum absolute atomic E-state index is 0.103. The number of amides is 1. The van der Waals surface area contributed by atoms with Crippen LogP contribution in [0.3, 0.4) is 0 Å². The number of rotatable bonds is 5. The SMILES string of the molecule is CCC1CCN(C(=O)c2ccc(C3=N/C(=C(/C=N\C)c4ccc(C#N)cc4)NC=C3)cc2)CC1. The van der Waals surface area contributed by atoms with Crippen molar-refractivity contribution in [1.82, 2.24) is 10.2 Å². The standard InChI is InChI=1S/C28H29N5O/c1-3-20-13-16-33(17-14-20)28(34)24-10-8-23(9-11-24)26-12-15-31-27(32-26)25(19-30-2)22-6-4-21(18-29)5-7-22/h4-12,15,19-20,31H,3,13-14,16-17H2,1-2H3/b27-25-,30-19-. The summed E-state index contributed by atoms with van der Waals surface area (Å²) in [6, 6.07) is 17.2. The Hall–Kier alpha value is -3.98. The first kappa shape index (κ1) is 23.2. The third-order valence-corrected chi connectivity index (χ3v) is 6.44. The first-order chi connectivity index (χ1) is 16.6. The zero-order chi connectivity index (χ0) is 23.9. The van der Waals surface area contributed by atoms with Crippen LogP contribution in [-0.4, -0.2) is 42.9 Å². The lowest BCUT2D eigenvalue weighted by molar-refractivity contribution is 0.0689. The summed E-state index contributed by atoms with van der Waals surface area (Å²) >= 11 is 0. The van der Waals surface area contributed by atoms with Crippen LogP contribution in [0, 0.1) is 17.2 Å². The van der Waals surface area contributed by atoms with E-state index in [0.29, 0.717) is 16.9 Å². The van der Waals surface area contributed by atoms with Crippen LogP contribution in [0.15, 0.2) is 76.6 Å². The highest BCUT2D eigenvalue weighted by atomic mass is 16.2. The Morgan fingerprint density at radius 1 is 1.15 bits per heavy atom. The fourth-order valence-corrected chi connectivity index (χ4v) is 4.32. The van der Waals surface area contributed by atoms with Crippen LogP contribution in [0.2, 0.25) is 0 Å². The van der Waals surface area contributed by atoms with E-state index < -0.39 is 0 Å². The topological polar surface area (TPSA) is 80.8 Å². The average Bonchev–Trinajstić information content (AvgIpc) is 2.91. The minimum Gasteiger partial charge on any atom is -0.346 e. The molecule has 2 aliphatic rings. The first-order valence-corrected chi connectivity index (χ1v) is 11.7. The first-order valence-electron chi connectivity index (χ1n) is 11.7. The summed E-state index contributed by atoms with van der Waals surface area (Å²) in [4.78, 5) is 23.9. The van der Waals surface area contributed by atoms with Gasteiger partial charge >= 0.3 is 0 Å². The molecule has 0 aromatic heterocycles. The van der Waals surface area contributed by atoms with E-state index in [1.807, 2.05) is 53.6 Å². The number of aliphatic imine (C=N–C) groups is 2. The number of allylic oxidation sites excluding steroid dienone is 2. The zero-order valence-electron chi connectivity index (χ0n) is 19.7. The van der Waals surface area contributed by atoms with Crippen LogP contribution in [0.1, 0.15) is 53.2 Å². The summed E-state index contributed by atoms with van der Waals surface area (Å²) in [5.41, 5.74) is 4.79. The number of hydrogen-bond donors (Lipinski definition) is 1. The molecule has 172 valence electrons. The van der Waals surface area contributed by atoms with Gasteiger partial charge in [0.25, 0.3) is 5.91 Å². The molecule has 0 saturated carbocycles. The van der Waals surface area contributed by atoms with Gasteiger partial charge in [-0.3, -0.25) is 9.79 Å². The van der Waals surface area contributed by atoms with E-state index >= 15 is 0 Å². The zero-order valence-corrected chi connectivity index (χ0v) is 19.7. The maximum Gasteiger partial charge on any atom is 0.253 e. The van der Waals surface area contributed by atoms with Gasteiger partial charge in [-0.15, -0.1) is 0 Å². The highest BCUT2D eigenvalue weighted by Crippen LogP contribution is 2.23. The molecule has 2 heterocycles. The van der Waals surface area contributed by atoms with Gasteiger partial charge in [0.1, 0.15) is 5.82 Å². The van der Waals surface area contributed by atoms with Crippen LogP contribution < -0.4 is 5.32 Å². The molecule has 1 fully saturated rings. The van der Waals surface area contributed by atoms with E-state index in [-0.39, 0.29) is 5.91 Å². The minimum atomic E-state index is 0.103. The maximum atomic E-state index is 12.9. The predicted molar refractivity (Wildman–Crippen MR) is 137 cm³/mol. The number of likely N-dealkylation sites (tertiary alicyclic amines) is 1. The van der Waals surface area contributed by atoms with Crippen molar-refractivity contribution in [2.45, 2.75) is 26.2 Å². The van der Waals surface area contributed by atoms with Crippen molar-refractivity contribution >= 4 is 23.4 Å². The maximum absolute atomic E-state index is 12.9. The Morgan fingerprint density at radius 3 is 2.44 bits per heavy atom. The van der Waals surface area contributed by atoms with Crippen LogP contribution >= 0.6 is 0 Å². The number of piperidine rings is 1. The molecule has 34 heavy (non-hydrogen) atoms. The smallest absolute Gasteiger partial charge is 0.253 e. The van der Waals surface area contributed by atoms with Crippen molar-refractivity contribution in [1.29, 1.82) is 5.26 Å². The summed E-state index contributed by atoms with van der Waals surface area (Å²) in [6.45, 7) is 3.90. The Bertz CT molecular complexity index is 1190. The molecular formula is C28H29N5O. The summed E-state index contributed by atoms with van der Waals surface area (Å²) in [6.07, 6.45) is 8.89. The van der Waals surface area contributed by atoms with Gasteiger partial charge in [-0.1, -0.05) is 37.6 Å². The molecule has 1 saturated heterocycles. The lowest BCUT2D eigenvalue weighted by Gasteiger charge is -2.31. The predicted octanol–water partition coefficient (Wildman–Crippen LogP) is 4.80. The van der Waals surface area contributed by atoms with Crippen molar-refractivity contribution in [3.05, 3.63) is 88.9 Å². The fourth-order valence-electron chi connectivity index (χ4n) is 4.32. The van der Waals surface area contributed by atoms with Gasteiger partial charge in [0.05, 0.1) is 17.3 Å². The molecule has 0 bridgehead atoms. The van der Waals surface area contributed by atoms with E-state index in [1.54, 1.807) is 25.4 Å². The fraction of sp³-hybridized carbons (Fsp3) is 0.286. The van der Waals surface area contributed by atoms with Crippen LogP contribution in [0.5, 0.6) is 0 Å². The second-order valence-corrected chi connectivity index (χ2v) is 8.53.